The molecule has 1 saturated carbocycles. The number of aromatic nitrogens is 2. The fourth-order valence-electron chi connectivity index (χ4n) is 2.54. The summed E-state index contributed by atoms with van der Waals surface area (Å²) in [4.78, 5) is 22.4. The molecule has 0 saturated heterocycles. The predicted octanol–water partition coefficient (Wildman–Crippen LogP) is 3.25. The first-order chi connectivity index (χ1) is 10.7. The average molecular weight is 309 g/mol. The zero-order valence-corrected chi connectivity index (χ0v) is 13.0. The van der Waals surface area contributed by atoms with E-state index in [2.05, 4.69) is 4.99 Å². The summed E-state index contributed by atoms with van der Waals surface area (Å²) < 4.78 is 1.85. The Kier molecular flexibility index (Phi) is 3.15. The van der Waals surface area contributed by atoms with Gasteiger partial charge < -0.3 is 4.57 Å². The minimum atomic E-state index is -0.196. The van der Waals surface area contributed by atoms with E-state index in [1.54, 1.807) is 0 Å². The van der Waals surface area contributed by atoms with Crippen molar-refractivity contribution in [1.82, 2.24) is 9.55 Å². The molecule has 110 valence electrons. The van der Waals surface area contributed by atoms with E-state index >= 15 is 0 Å². The first kappa shape index (κ1) is 13.4. The van der Waals surface area contributed by atoms with Crippen LogP contribution in [0.25, 0.3) is 10.9 Å². The number of carbonyl (C=O) groups excluding carboxylic acids is 1. The van der Waals surface area contributed by atoms with Gasteiger partial charge in [0.05, 0.1) is 11.1 Å². The number of carbonyl (C=O) groups is 1. The first-order valence-electron chi connectivity index (χ1n) is 7.31. The SMILES string of the molecule is Cn1ccsc1=NC(=O)c1cc(C2CC2)nc2ccccc12. The van der Waals surface area contributed by atoms with E-state index in [1.165, 1.54) is 11.3 Å². The highest BCUT2D eigenvalue weighted by Gasteiger charge is 2.26. The van der Waals surface area contributed by atoms with Gasteiger partial charge in [-0.15, -0.1) is 11.3 Å². The standard InChI is InChI=1S/C17H15N3OS/c1-20-8-9-22-17(20)19-16(21)13-10-15(11-6-7-11)18-14-5-3-2-4-12(13)14/h2-5,8-11H,6-7H2,1H3. The van der Waals surface area contributed by atoms with E-state index in [-0.39, 0.29) is 5.91 Å². The van der Waals surface area contributed by atoms with Crippen molar-refractivity contribution in [2.75, 3.05) is 0 Å². The quantitative estimate of drug-likeness (QED) is 0.729. The number of benzene rings is 1. The van der Waals surface area contributed by atoms with Crippen molar-refractivity contribution in [3.05, 3.63) is 58.0 Å². The highest BCUT2D eigenvalue weighted by molar-refractivity contribution is 7.07. The number of thiazole rings is 1. The Labute approximate surface area is 131 Å². The zero-order chi connectivity index (χ0) is 15.1. The third-order valence-electron chi connectivity index (χ3n) is 3.92. The number of hydrogen-bond donors (Lipinski definition) is 0. The van der Waals surface area contributed by atoms with Gasteiger partial charge in [0.2, 0.25) is 0 Å². The van der Waals surface area contributed by atoms with Crippen molar-refractivity contribution in [3.63, 3.8) is 0 Å². The van der Waals surface area contributed by atoms with Crippen molar-refractivity contribution in [1.29, 1.82) is 0 Å². The van der Waals surface area contributed by atoms with Gasteiger partial charge >= 0.3 is 0 Å². The molecule has 2 heterocycles. The van der Waals surface area contributed by atoms with Crippen molar-refractivity contribution in [2.24, 2.45) is 12.0 Å². The molecule has 0 radical (unpaired) electrons. The summed E-state index contributed by atoms with van der Waals surface area (Å²) in [6, 6.07) is 9.72. The third-order valence-corrected chi connectivity index (χ3v) is 4.77. The van der Waals surface area contributed by atoms with Gasteiger partial charge in [-0.2, -0.15) is 4.99 Å². The van der Waals surface area contributed by atoms with Gasteiger partial charge in [-0.25, -0.2) is 0 Å². The number of rotatable bonds is 2. The van der Waals surface area contributed by atoms with Crippen LogP contribution in [0.2, 0.25) is 0 Å². The third kappa shape index (κ3) is 2.37. The maximum absolute atomic E-state index is 12.7. The van der Waals surface area contributed by atoms with E-state index in [0.29, 0.717) is 16.3 Å². The number of para-hydroxylation sites is 1. The Morgan fingerprint density at radius 2 is 2.18 bits per heavy atom. The lowest BCUT2D eigenvalue weighted by atomic mass is 10.1. The molecule has 0 N–H and O–H groups in total. The minimum absolute atomic E-state index is 0.196. The summed E-state index contributed by atoms with van der Waals surface area (Å²) in [7, 11) is 1.89. The fraction of sp³-hybridized carbons (Fsp3) is 0.235. The van der Waals surface area contributed by atoms with Gasteiger partial charge in [-0.05, 0) is 25.0 Å². The normalized spacial score (nSPS) is 15.4. The number of pyridine rings is 1. The molecule has 1 aliphatic carbocycles. The van der Waals surface area contributed by atoms with Crippen LogP contribution in [-0.2, 0) is 7.05 Å². The molecule has 0 unspecified atom stereocenters. The van der Waals surface area contributed by atoms with E-state index in [4.69, 9.17) is 4.98 Å². The summed E-state index contributed by atoms with van der Waals surface area (Å²) in [5.41, 5.74) is 2.55. The van der Waals surface area contributed by atoms with E-state index in [9.17, 15) is 4.79 Å². The lowest BCUT2D eigenvalue weighted by Gasteiger charge is -2.06. The Hall–Kier alpha value is -2.27. The van der Waals surface area contributed by atoms with E-state index in [0.717, 1.165) is 29.4 Å². The van der Waals surface area contributed by atoms with Crippen LogP contribution in [0.15, 0.2) is 46.9 Å². The predicted molar refractivity (Wildman–Crippen MR) is 86.9 cm³/mol. The number of hydrogen-bond acceptors (Lipinski definition) is 3. The summed E-state index contributed by atoms with van der Waals surface area (Å²) in [5, 5.41) is 2.80. The molecule has 0 spiro atoms. The Morgan fingerprint density at radius 1 is 1.36 bits per heavy atom. The smallest absolute Gasteiger partial charge is 0.280 e. The van der Waals surface area contributed by atoms with Crippen LogP contribution >= 0.6 is 11.3 Å². The second-order valence-electron chi connectivity index (χ2n) is 5.60. The van der Waals surface area contributed by atoms with Crippen LogP contribution < -0.4 is 4.80 Å². The number of nitrogens with zero attached hydrogens (tertiary/aromatic N) is 3. The van der Waals surface area contributed by atoms with Crippen LogP contribution in [0.1, 0.15) is 34.8 Å². The van der Waals surface area contributed by atoms with Crippen LogP contribution in [0.5, 0.6) is 0 Å². The van der Waals surface area contributed by atoms with Crippen molar-refractivity contribution in [2.45, 2.75) is 18.8 Å². The molecule has 1 amide bonds. The molecule has 2 aromatic heterocycles. The van der Waals surface area contributed by atoms with Gasteiger partial charge in [-0.1, -0.05) is 18.2 Å². The monoisotopic (exact) mass is 309 g/mol. The highest BCUT2D eigenvalue weighted by atomic mass is 32.1. The Morgan fingerprint density at radius 3 is 2.91 bits per heavy atom. The average Bonchev–Trinajstić information content (AvgIpc) is 3.31. The molecule has 1 fully saturated rings. The lowest BCUT2D eigenvalue weighted by Crippen LogP contribution is -2.13. The number of fused-ring (bicyclic) bond motifs is 1. The largest absolute Gasteiger partial charge is 0.327 e. The molecule has 0 bridgehead atoms. The van der Waals surface area contributed by atoms with Crippen LogP contribution in [0.3, 0.4) is 0 Å². The van der Waals surface area contributed by atoms with Gasteiger partial charge in [-0.3, -0.25) is 9.78 Å². The molecule has 3 aromatic rings. The van der Waals surface area contributed by atoms with Crippen molar-refractivity contribution >= 4 is 28.1 Å². The molecule has 5 heteroatoms. The Bertz CT molecular complexity index is 934. The molecule has 4 rings (SSSR count). The minimum Gasteiger partial charge on any atom is -0.327 e. The summed E-state index contributed by atoms with van der Waals surface area (Å²) in [6.07, 6.45) is 4.23. The van der Waals surface area contributed by atoms with E-state index in [1.807, 2.05) is 53.5 Å². The number of aryl methyl sites for hydroxylation is 1. The van der Waals surface area contributed by atoms with Crippen molar-refractivity contribution < 1.29 is 4.79 Å². The molecule has 0 atom stereocenters. The van der Waals surface area contributed by atoms with Gasteiger partial charge in [0.1, 0.15) is 0 Å². The van der Waals surface area contributed by atoms with Gasteiger partial charge in [0, 0.05) is 35.6 Å². The second-order valence-corrected chi connectivity index (χ2v) is 6.47. The molecule has 1 aliphatic rings. The van der Waals surface area contributed by atoms with E-state index < -0.39 is 0 Å². The summed E-state index contributed by atoms with van der Waals surface area (Å²) in [6.45, 7) is 0. The van der Waals surface area contributed by atoms with Crippen molar-refractivity contribution in [3.8, 4) is 0 Å². The first-order valence-corrected chi connectivity index (χ1v) is 8.19. The van der Waals surface area contributed by atoms with Gasteiger partial charge in [0.15, 0.2) is 4.80 Å². The van der Waals surface area contributed by atoms with Crippen LogP contribution in [0, 0.1) is 0 Å². The highest BCUT2D eigenvalue weighted by Crippen LogP contribution is 2.40. The number of amides is 1. The molecular formula is C17H15N3OS. The zero-order valence-electron chi connectivity index (χ0n) is 12.2. The summed E-state index contributed by atoms with van der Waals surface area (Å²) >= 11 is 1.46. The fourth-order valence-corrected chi connectivity index (χ4v) is 3.27. The summed E-state index contributed by atoms with van der Waals surface area (Å²) in [5.74, 6) is 0.313. The molecule has 4 nitrogen and oxygen atoms in total. The Balaban J connectivity index is 1.90. The molecule has 1 aromatic carbocycles. The maximum atomic E-state index is 12.7. The van der Waals surface area contributed by atoms with Crippen LogP contribution in [0.4, 0.5) is 0 Å². The topological polar surface area (TPSA) is 47.2 Å². The molecule has 22 heavy (non-hydrogen) atoms. The second kappa shape index (κ2) is 5.18. The lowest BCUT2D eigenvalue weighted by molar-refractivity contribution is 0.0999. The maximum Gasteiger partial charge on any atom is 0.280 e. The van der Waals surface area contributed by atoms with Gasteiger partial charge in [0.25, 0.3) is 5.91 Å². The molecule has 0 aliphatic heterocycles. The molecular weight excluding hydrogens is 294 g/mol. The van der Waals surface area contributed by atoms with Crippen LogP contribution in [-0.4, -0.2) is 15.5 Å².